The van der Waals surface area contributed by atoms with Crippen molar-refractivity contribution in [3.8, 4) is 6.07 Å². The molecule has 0 amide bonds. The molecule has 0 heterocycles. The van der Waals surface area contributed by atoms with Gasteiger partial charge in [-0.05, 0) is 51.5 Å². The molecule has 2 aliphatic carbocycles. The fourth-order valence-electron chi connectivity index (χ4n) is 4.17. The quantitative estimate of drug-likeness (QED) is 0.838. The molecule has 2 aliphatic rings. The van der Waals surface area contributed by atoms with Gasteiger partial charge in [-0.25, -0.2) is 0 Å². The maximum absolute atomic E-state index is 9.56. The van der Waals surface area contributed by atoms with Gasteiger partial charge >= 0.3 is 0 Å². The second-order valence-corrected chi connectivity index (χ2v) is 7.22. The first-order valence-electron chi connectivity index (χ1n) is 8.46. The van der Waals surface area contributed by atoms with Crippen LogP contribution in [-0.2, 0) is 0 Å². The number of hydrogen-bond donors (Lipinski definition) is 1. The van der Waals surface area contributed by atoms with Crippen molar-refractivity contribution >= 4 is 0 Å². The third-order valence-electron chi connectivity index (χ3n) is 5.26. The molecule has 2 fully saturated rings. The Hall–Kier alpha value is -0.590. The molecule has 2 saturated carbocycles. The Kier molecular flexibility index (Phi) is 5.46. The van der Waals surface area contributed by atoms with E-state index in [1.54, 1.807) is 0 Å². The van der Waals surface area contributed by atoms with Gasteiger partial charge in [0, 0.05) is 18.6 Å². The molecule has 0 aromatic heterocycles. The Morgan fingerprint density at radius 1 is 1.20 bits per heavy atom. The molecule has 0 spiro atoms. The van der Waals surface area contributed by atoms with Crippen molar-refractivity contribution < 1.29 is 0 Å². The molecule has 0 aromatic rings. The highest BCUT2D eigenvalue weighted by Gasteiger charge is 2.39. The smallest absolute Gasteiger partial charge is 0.108 e. The monoisotopic (exact) mass is 277 g/mol. The molecular weight excluding hydrogens is 246 g/mol. The number of rotatable bonds is 5. The normalized spacial score (nSPS) is 31.9. The van der Waals surface area contributed by atoms with Gasteiger partial charge in [0.05, 0.1) is 6.07 Å². The summed E-state index contributed by atoms with van der Waals surface area (Å²) in [5.74, 6) is 0.712. The van der Waals surface area contributed by atoms with Gasteiger partial charge in [-0.1, -0.05) is 26.7 Å². The number of nitrogens with zero attached hydrogens (tertiary/aromatic N) is 2. The predicted octanol–water partition coefficient (Wildman–Crippen LogP) is 3.31. The summed E-state index contributed by atoms with van der Waals surface area (Å²) in [5.41, 5.74) is -0.281. The molecule has 0 saturated heterocycles. The van der Waals surface area contributed by atoms with E-state index in [-0.39, 0.29) is 5.54 Å². The maximum Gasteiger partial charge on any atom is 0.108 e. The Morgan fingerprint density at radius 2 is 1.85 bits per heavy atom. The van der Waals surface area contributed by atoms with Gasteiger partial charge in [-0.3, -0.25) is 4.90 Å². The molecule has 2 unspecified atom stereocenters. The van der Waals surface area contributed by atoms with Gasteiger partial charge in [0.2, 0.25) is 0 Å². The van der Waals surface area contributed by atoms with Crippen molar-refractivity contribution in [1.82, 2.24) is 10.2 Å². The van der Waals surface area contributed by atoms with E-state index in [9.17, 15) is 5.26 Å². The number of nitrogens with one attached hydrogen (secondary N) is 1. The molecular formula is C17H31N3. The molecule has 2 atom stereocenters. The molecule has 0 bridgehead atoms. The second kappa shape index (κ2) is 6.91. The third kappa shape index (κ3) is 3.54. The van der Waals surface area contributed by atoms with E-state index in [1.165, 1.54) is 45.1 Å². The summed E-state index contributed by atoms with van der Waals surface area (Å²) in [4.78, 5) is 2.76. The zero-order valence-corrected chi connectivity index (χ0v) is 13.5. The standard InChI is InChI=1S/C17H31N3/c1-14(2)12-20(15-7-4-5-8-15)16-9-6-10-17(11-16,13-18)19-3/h14-16,19H,4-12H2,1-3H3. The van der Waals surface area contributed by atoms with Crippen LogP contribution in [0.15, 0.2) is 0 Å². The molecule has 0 aromatic carbocycles. The van der Waals surface area contributed by atoms with Crippen molar-refractivity contribution in [3.05, 3.63) is 0 Å². The SMILES string of the molecule is CNC1(C#N)CCCC(N(CC(C)C)C2CCCC2)C1. The van der Waals surface area contributed by atoms with E-state index < -0.39 is 0 Å². The van der Waals surface area contributed by atoms with Crippen LogP contribution in [0.25, 0.3) is 0 Å². The van der Waals surface area contributed by atoms with Gasteiger partial charge < -0.3 is 5.32 Å². The zero-order valence-electron chi connectivity index (χ0n) is 13.5. The Morgan fingerprint density at radius 3 is 2.40 bits per heavy atom. The third-order valence-corrected chi connectivity index (χ3v) is 5.26. The van der Waals surface area contributed by atoms with Crippen molar-refractivity contribution in [1.29, 1.82) is 5.26 Å². The average Bonchev–Trinajstić information content (AvgIpc) is 2.98. The summed E-state index contributed by atoms with van der Waals surface area (Å²) in [7, 11) is 1.95. The lowest BCUT2D eigenvalue weighted by Gasteiger charge is -2.44. The first-order valence-corrected chi connectivity index (χ1v) is 8.46. The molecule has 1 N–H and O–H groups in total. The van der Waals surface area contributed by atoms with Gasteiger partial charge in [-0.2, -0.15) is 5.26 Å². The average molecular weight is 277 g/mol. The highest BCUT2D eigenvalue weighted by atomic mass is 15.2. The lowest BCUT2D eigenvalue weighted by atomic mass is 9.79. The van der Waals surface area contributed by atoms with Crippen molar-refractivity contribution in [3.63, 3.8) is 0 Å². The Balaban J connectivity index is 2.09. The van der Waals surface area contributed by atoms with E-state index in [2.05, 4.69) is 30.1 Å². The molecule has 0 radical (unpaired) electrons. The summed E-state index contributed by atoms with van der Waals surface area (Å²) >= 11 is 0. The highest BCUT2D eigenvalue weighted by Crippen LogP contribution is 2.35. The summed E-state index contributed by atoms with van der Waals surface area (Å²) in [6, 6.07) is 3.93. The molecule has 20 heavy (non-hydrogen) atoms. The lowest BCUT2D eigenvalue weighted by Crippen LogP contribution is -2.54. The first kappa shape index (κ1) is 15.8. The minimum Gasteiger partial charge on any atom is -0.302 e. The summed E-state index contributed by atoms with van der Waals surface area (Å²) in [5, 5.41) is 12.9. The van der Waals surface area contributed by atoms with Gasteiger partial charge in [-0.15, -0.1) is 0 Å². The molecule has 2 rings (SSSR count). The van der Waals surface area contributed by atoms with Crippen LogP contribution >= 0.6 is 0 Å². The minimum atomic E-state index is -0.281. The second-order valence-electron chi connectivity index (χ2n) is 7.22. The Labute approximate surface area is 124 Å². The van der Waals surface area contributed by atoms with E-state index in [0.29, 0.717) is 12.0 Å². The van der Waals surface area contributed by atoms with E-state index >= 15 is 0 Å². The van der Waals surface area contributed by atoms with E-state index in [0.717, 1.165) is 18.9 Å². The Bertz CT molecular complexity index is 341. The van der Waals surface area contributed by atoms with Crippen LogP contribution in [0.5, 0.6) is 0 Å². The van der Waals surface area contributed by atoms with E-state index in [1.807, 2.05) is 7.05 Å². The van der Waals surface area contributed by atoms with Gasteiger partial charge in [0.1, 0.15) is 5.54 Å². The van der Waals surface area contributed by atoms with Crippen LogP contribution in [0.2, 0.25) is 0 Å². The molecule has 114 valence electrons. The molecule has 3 heteroatoms. The number of hydrogen-bond acceptors (Lipinski definition) is 3. The van der Waals surface area contributed by atoms with Crippen LogP contribution in [0.1, 0.15) is 65.2 Å². The fraction of sp³-hybridized carbons (Fsp3) is 0.941. The lowest BCUT2D eigenvalue weighted by molar-refractivity contribution is 0.0713. The highest BCUT2D eigenvalue weighted by molar-refractivity contribution is 5.11. The molecule has 0 aliphatic heterocycles. The minimum absolute atomic E-state index is 0.281. The largest absolute Gasteiger partial charge is 0.302 e. The van der Waals surface area contributed by atoms with Crippen LogP contribution in [0, 0.1) is 17.2 Å². The van der Waals surface area contributed by atoms with Crippen LogP contribution in [0.4, 0.5) is 0 Å². The van der Waals surface area contributed by atoms with Crippen LogP contribution < -0.4 is 5.32 Å². The number of nitriles is 1. The van der Waals surface area contributed by atoms with Gasteiger partial charge in [0.15, 0.2) is 0 Å². The zero-order chi connectivity index (χ0) is 14.6. The summed E-state index contributed by atoms with van der Waals surface area (Å²) in [6.07, 6.45) is 9.97. The van der Waals surface area contributed by atoms with Crippen LogP contribution in [-0.4, -0.2) is 36.1 Å². The summed E-state index contributed by atoms with van der Waals surface area (Å²) in [6.45, 7) is 5.83. The van der Waals surface area contributed by atoms with Crippen LogP contribution in [0.3, 0.4) is 0 Å². The van der Waals surface area contributed by atoms with Crippen molar-refractivity contribution in [2.75, 3.05) is 13.6 Å². The summed E-state index contributed by atoms with van der Waals surface area (Å²) < 4.78 is 0. The fourth-order valence-corrected chi connectivity index (χ4v) is 4.17. The molecule has 3 nitrogen and oxygen atoms in total. The predicted molar refractivity (Wildman–Crippen MR) is 83.5 cm³/mol. The first-order chi connectivity index (χ1) is 9.60. The van der Waals surface area contributed by atoms with Crippen molar-refractivity contribution in [2.24, 2.45) is 5.92 Å². The topological polar surface area (TPSA) is 39.1 Å². The maximum atomic E-state index is 9.56. The van der Waals surface area contributed by atoms with Gasteiger partial charge in [0.25, 0.3) is 0 Å². The van der Waals surface area contributed by atoms with Crippen molar-refractivity contribution in [2.45, 2.75) is 82.8 Å². The van der Waals surface area contributed by atoms with E-state index in [4.69, 9.17) is 0 Å².